The minimum absolute atomic E-state index is 0.0963. The van der Waals surface area contributed by atoms with Crippen LogP contribution >= 0.6 is 0 Å². The monoisotopic (exact) mass is 293 g/mol. The third-order valence-corrected chi connectivity index (χ3v) is 3.42. The number of rotatable bonds is 3. The summed E-state index contributed by atoms with van der Waals surface area (Å²) < 4.78 is 0. The molecule has 5 nitrogen and oxygen atoms in total. The van der Waals surface area contributed by atoms with E-state index in [2.05, 4.69) is 15.5 Å². The van der Waals surface area contributed by atoms with Gasteiger partial charge in [0, 0.05) is 24.4 Å². The Morgan fingerprint density at radius 3 is 2.45 bits per heavy atom. The fourth-order valence-corrected chi connectivity index (χ4v) is 2.41. The van der Waals surface area contributed by atoms with Crippen molar-refractivity contribution in [1.82, 2.24) is 10.2 Å². The molecule has 1 aromatic heterocycles. The van der Waals surface area contributed by atoms with E-state index < -0.39 is 0 Å². The summed E-state index contributed by atoms with van der Waals surface area (Å²) >= 11 is 0. The zero-order valence-electron chi connectivity index (χ0n) is 12.1. The van der Waals surface area contributed by atoms with Crippen LogP contribution < -0.4 is 10.9 Å². The van der Waals surface area contributed by atoms with Gasteiger partial charge in [0.2, 0.25) is 5.91 Å². The van der Waals surface area contributed by atoms with Gasteiger partial charge in [-0.05, 0) is 23.8 Å². The number of hydrogen-bond acceptors (Lipinski definition) is 3. The van der Waals surface area contributed by atoms with Crippen LogP contribution in [0.4, 0.5) is 5.69 Å². The molecule has 0 saturated heterocycles. The van der Waals surface area contributed by atoms with Gasteiger partial charge in [0.1, 0.15) is 0 Å². The molecule has 0 bridgehead atoms. The quantitative estimate of drug-likeness (QED) is 0.779. The summed E-state index contributed by atoms with van der Waals surface area (Å²) in [5.41, 5.74) is 2.46. The van der Waals surface area contributed by atoms with Crippen molar-refractivity contribution in [3.8, 4) is 0 Å². The van der Waals surface area contributed by atoms with Gasteiger partial charge in [-0.1, -0.05) is 30.3 Å². The molecular weight excluding hydrogens is 278 g/mol. The molecule has 0 unspecified atom stereocenters. The molecule has 0 radical (unpaired) electrons. The van der Waals surface area contributed by atoms with Crippen LogP contribution in [-0.4, -0.2) is 16.1 Å². The van der Waals surface area contributed by atoms with Crippen LogP contribution in [0.5, 0.6) is 0 Å². The molecule has 1 heterocycles. The van der Waals surface area contributed by atoms with Gasteiger partial charge >= 0.3 is 0 Å². The molecule has 1 amide bonds. The predicted molar refractivity (Wildman–Crippen MR) is 85.9 cm³/mol. The zero-order chi connectivity index (χ0) is 15.5. The molecule has 0 aliphatic rings. The Balaban J connectivity index is 1.92. The van der Waals surface area contributed by atoms with Crippen LogP contribution in [0.3, 0.4) is 0 Å². The first kappa shape index (κ1) is 14.0. The minimum Gasteiger partial charge on any atom is -0.326 e. The summed E-state index contributed by atoms with van der Waals surface area (Å²) in [6.45, 7) is 1.48. The number of carbonyl (C=O) groups is 1. The summed E-state index contributed by atoms with van der Waals surface area (Å²) in [4.78, 5) is 22.8. The first-order valence-corrected chi connectivity index (χ1v) is 6.96. The average Bonchev–Trinajstić information content (AvgIpc) is 2.52. The van der Waals surface area contributed by atoms with Gasteiger partial charge in [0.05, 0.1) is 11.1 Å². The van der Waals surface area contributed by atoms with Gasteiger partial charge < -0.3 is 5.32 Å². The highest BCUT2D eigenvalue weighted by atomic mass is 16.1. The third-order valence-electron chi connectivity index (χ3n) is 3.42. The first-order chi connectivity index (χ1) is 10.6. The molecule has 3 rings (SSSR count). The van der Waals surface area contributed by atoms with Gasteiger partial charge in [0.25, 0.3) is 5.56 Å². The lowest BCUT2D eigenvalue weighted by Gasteiger charge is -2.06. The molecule has 0 fully saturated rings. The molecule has 0 atom stereocenters. The SMILES string of the molecule is CC(=O)Nc1ccc(Cc2n[nH]c(=O)c3ccccc23)cc1. The van der Waals surface area contributed by atoms with Crippen molar-refractivity contribution >= 4 is 22.4 Å². The lowest BCUT2D eigenvalue weighted by molar-refractivity contribution is -0.114. The predicted octanol–water partition coefficient (Wildman–Crippen LogP) is 2.47. The second-order valence-corrected chi connectivity index (χ2v) is 5.10. The van der Waals surface area contributed by atoms with Crippen LogP contribution in [0, 0.1) is 0 Å². The molecule has 0 aliphatic carbocycles. The van der Waals surface area contributed by atoms with Crippen molar-refractivity contribution in [2.75, 3.05) is 5.32 Å². The second kappa shape index (κ2) is 5.81. The van der Waals surface area contributed by atoms with Crippen molar-refractivity contribution < 1.29 is 4.79 Å². The highest BCUT2D eigenvalue weighted by molar-refractivity contribution is 5.88. The average molecular weight is 293 g/mol. The largest absolute Gasteiger partial charge is 0.326 e. The Bertz CT molecular complexity index is 882. The number of nitrogens with one attached hydrogen (secondary N) is 2. The minimum atomic E-state index is -0.180. The molecule has 2 N–H and O–H groups in total. The number of hydrogen-bond donors (Lipinski definition) is 2. The summed E-state index contributed by atoms with van der Waals surface area (Å²) in [5.74, 6) is -0.0963. The molecule has 0 spiro atoms. The smallest absolute Gasteiger partial charge is 0.272 e. The van der Waals surface area contributed by atoms with Crippen LogP contribution in [0.2, 0.25) is 0 Å². The molecule has 5 heteroatoms. The number of amides is 1. The van der Waals surface area contributed by atoms with Crippen molar-refractivity contribution in [1.29, 1.82) is 0 Å². The highest BCUT2D eigenvalue weighted by Gasteiger charge is 2.07. The maximum atomic E-state index is 11.8. The van der Waals surface area contributed by atoms with Crippen LogP contribution in [-0.2, 0) is 11.2 Å². The van der Waals surface area contributed by atoms with E-state index in [-0.39, 0.29) is 11.5 Å². The fraction of sp³-hybridized carbons (Fsp3) is 0.118. The molecule has 22 heavy (non-hydrogen) atoms. The Kier molecular flexibility index (Phi) is 3.70. The first-order valence-electron chi connectivity index (χ1n) is 6.96. The van der Waals surface area contributed by atoms with Gasteiger partial charge in [-0.3, -0.25) is 9.59 Å². The molecule has 3 aromatic rings. The lowest BCUT2D eigenvalue weighted by atomic mass is 10.0. The van der Waals surface area contributed by atoms with Gasteiger partial charge in [0.15, 0.2) is 0 Å². The van der Waals surface area contributed by atoms with E-state index in [4.69, 9.17) is 0 Å². The molecular formula is C17H15N3O2. The Hall–Kier alpha value is -2.95. The number of aromatic nitrogens is 2. The van der Waals surface area contributed by atoms with Crippen molar-refractivity contribution in [3.63, 3.8) is 0 Å². The second-order valence-electron chi connectivity index (χ2n) is 5.10. The summed E-state index contributed by atoms with van der Waals surface area (Å²) in [6.07, 6.45) is 0.609. The topological polar surface area (TPSA) is 74.8 Å². The van der Waals surface area contributed by atoms with Gasteiger partial charge in [-0.2, -0.15) is 5.10 Å². The molecule has 110 valence electrons. The summed E-state index contributed by atoms with van der Waals surface area (Å²) in [7, 11) is 0. The van der Waals surface area contributed by atoms with E-state index in [0.717, 1.165) is 22.3 Å². The highest BCUT2D eigenvalue weighted by Crippen LogP contribution is 2.17. The third kappa shape index (κ3) is 2.88. The number of H-pyrrole nitrogens is 1. The van der Waals surface area contributed by atoms with E-state index in [0.29, 0.717) is 11.8 Å². The van der Waals surface area contributed by atoms with E-state index in [1.165, 1.54) is 6.92 Å². The standard InChI is InChI=1S/C17H15N3O2/c1-11(21)18-13-8-6-12(7-9-13)10-16-14-4-2-3-5-15(14)17(22)20-19-16/h2-9H,10H2,1H3,(H,18,21)(H,20,22). The van der Waals surface area contributed by atoms with Crippen LogP contribution in [0.15, 0.2) is 53.3 Å². The Morgan fingerprint density at radius 1 is 1.09 bits per heavy atom. The summed E-state index contributed by atoms with van der Waals surface area (Å²) in [6, 6.07) is 15.0. The molecule has 0 aliphatic heterocycles. The van der Waals surface area contributed by atoms with E-state index in [1.54, 1.807) is 6.07 Å². The van der Waals surface area contributed by atoms with E-state index >= 15 is 0 Å². The molecule has 2 aromatic carbocycles. The van der Waals surface area contributed by atoms with E-state index in [1.807, 2.05) is 42.5 Å². The fourth-order valence-electron chi connectivity index (χ4n) is 2.41. The Labute approximate surface area is 127 Å². The zero-order valence-corrected chi connectivity index (χ0v) is 12.1. The maximum Gasteiger partial charge on any atom is 0.272 e. The lowest BCUT2D eigenvalue weighted by Crippen LogP contribution is -2.11. The van der Waals surface area contributed by atoms with Crippen LogP contribution in [0.25, 0.3) is 10.8 Å². The van der Waals surface area contributed by atoms with Gasteiger partial charge in [-0.25, -0.2) is 5.10 Å². The van der Waals surface area contributed by atoms with Crippen molar-refractivity contribution in [2.24, 2.45) is 0 Å². The van der Waals surface area contributed by atoms with Gasteiger partial charge in [-0.15, -0.1) is 0 Å². The Morgan fingerprint density at radius 2 is 1.77 bits per heavy atom. The number of aromatic amines is 1. The number of benzene rings is 2. The number of carbonyl (C=O) groups excluding carboxylic acids is 1. The number of anilines is 1. The maximum absolute atomic E-state index is 11.8. The van der Waals surface area contributed by atoms with Crippen molar-refractivity contribution in [3.05, 3.63) is 70.1 Å². The van der Waals surface area contributed by atoms with Crippen molar-refractivity contribution in [2.45, 2.75) is 13.3 Å². The number of nitrogens with zero attached hydrogens (tertiary/aromatic N) is 1. The van der Waals surface area contributed by atoms with E-state index in [9.17, 15) is 9.59 Å². The number of fused-ring (bicyclic) bond motifs is 1. The molecule has 0 saturated carbocycles. The normalized spacial score (nSPS) is 10.6. The summed E-state index contributed by atoms with van der Waals surface area (Å²) in [5, 5.41) is 10.9. The van der Waals surface area contributed by atoms with Crippen LogP contribution in [0.1, 0.15) is 18.2 Å².